The molecule has 1 aliphatic heterocycles. The summed E-state index contributed by atoms with van der Waals surface area (Å²) in [7, 11) is -4.39. The van der Waals surface area contributed by atoms with Gasteiger partial charge >= 0.3 is 0 Å². The first-order chi connectivity index (χ1) is 12.2. The van der Waals surface area contributed by atoms with Crippen molar-refractivity contribution in [1.82, 2.24) is 4.90 Å². The zero-order chi connectivity index (χ0) is 19.1. The Bertz CT molecular complexity index is 996. The van der Waals surface area contributed by atoms with Crippen LogP contribution in [0.25, 0.3) is 17.4 Å². The van der Waals surface area contributed by atoms with Crippen molar-refractivity contribution in [3.8, 4) is 11.3 Å². The molecule has 1 aromatic carbocycles. The third kappa shape index (κ3) is 3.68. The summed E-state index contributed by atoms with van der Waals surface area (Å²) in [5.41, 5.74) is 1.75. The second-order valence-corrected chi connectivity index (χ2v) is 9.01. The van der Waals surface area contributed by atoms with Crippen LogP contribution < -0.4 is 0 Å². The second-order valence-electron chi connectivity index (χ2n) is 5.71. The van der Waals surface area contributed by atoms with Crippen LogP contribution in [0, 0.1) is 6.92 Å². The van der Waals surface area contributed by atoms with Crippen molar-refractivity contribution in [2.24, 2.45) is 0 Å². The molecule has 1 N–H and O–H groups in total. The number of carbonyl (C=O) groups is 1. The molecule has 0 bridgehead atoms. The SMILES string of the molecule is CCN1C(=O)C(=Cc2ccc(-c3ccc(C)c(Cl)c3)o2)SC1S(=O)(=O)O. The van der Waals surface area contributed by atoms with E-state index in [1.54, 1.807) is 25.1 Å². The molecule has 2 aromatic rings. The molecule has 1 atom stereocenters. The van der Waals surface area contributed by atoms with E-state index in [1.807, 2.05) is 19.1 Å². The van der Waals surface area contributed by atoms with Crippen molar-refractivity contribution >= 4 is 45.5 Å². The number of carbonyl (C=O) groups excluding carboxylic acids is 1. The van der Waals surface area contributed by atoms with Gasteiger partial charge in [0, 0.05) is 23.2 Å². The van der Waals surface area contributed by atoms with Gasteiger partial charge in [0.2, 0.25) is 4.71 Å². The first-order valence-corrected chi connectivity index (χ1v) is 10.5. The molecule has 1 aliphatic rings. The van der Waals surface area contributed by atoms with Gasteiger partial charge in [-0.3, -0.25) is 9.35 Å². The minimum atomic E-state index is -4.39. The van der Waals surface area contributed by atoms with Crippen LogP contribution in [0.5, 0.6) is 0 Å². The lowest BCUT2D eigenvalue weighted by molar-refractivity contribution is -0.125. The molecule has 1 saturated heterocycles. The highest BCUT2D eigenvalue weighted by molar-refractivity contribution is 8.15. The van der Waals surface area contributed by atoms with E-state index in [-0.39, 0.29) is 11.4 Å². The molecule has 0 spiro atoms. The molecule has 6 nitrogen and oxygen atoms in total. The van der Waals surface area contributed by atoms with Gasteiger partial charge < -0.3 is 9.32 Å². The molecule has 0 aliphatic carbocycles. The van der Waals surface area contributed by atoms with Crippen molar-refractivity contribution in [1.29, 1.82) is 0 Å². The number of thioether (sulfide) groups is 1. The van der Waals surface area contributed by atoms with Crippen LogP contribution in [-0.2, 0) is 14.9 Å². The Labute approximate surface area is 160 Å². The minimum Gasteiger partial charge on any atom is -0.457 e. The molecule has 2 heterocycles. The fraction of sp³-hybridized carbons (Fsp3) is 0.235. The highest BCUT2D eigenvalue weighted by Gasteiger charge is 2.42. The molecule has 1 amide bonds. The number of aryl methyl sites for hydroxylation is 1. The van der Waals surface area contributed by atoms with Gasteiger partial charge in [0.25, 0.3) is 16.0 Å². The van der Waals surface area contributed by atoms with E-state index in [1.165, 1.54) is 6.08 Å². The lowest BCUT2D eigenvalue weighted by Gasteiger charge is -2.18. The second kappa shape index (κ2) is 7.11. The van der Waals surface area contributed by atoms with Crippen molar-refractivity contribution in [2.45, 2.75) is 18.6 Å². The summed E-state index contributed by atoms with van der Waals surface area (Å²) in [6.45, 7) is 3.71. The zero-order valence-electron chi connectivity index (χ0n) is 14.0. The topological polar surface area (TPSA) is 87.8 Å². The summed E-state index contributed by atoms with van der Waals surface area (Å²) in [6, 6.07) is 8.97. The van der Waals surface area contributed by atoms with Gasteiger partial charge in [-0.2, -0.15) is 8.42 Å². The van der Waals surface area contributed by atoms with Crippen LogP contribution in [0.2, 0.25) is 5.02 Å². The molecule has 1 unspecified atom stereocenters. The lowest BCUT2D eigenvalue weighted by Crippen LogP contribution is -2.37. The van der Waals surface area contributed by atoms with Gasteiger partial charge in [-0.05, 0) is 37.6 Å². The average molecular weight is 414 g/mol. The molecule has 9 heteroatoms. The van der Waals surface area contributed by atoms with Crippen molar-refractivity contribution in [3.05, 3.63) is 51.6 Å². The van der Waals surface area contributed by atoms with E-state index in [4.69, 9.17) is 16.0 Å². The molecular weight excluding hydrogens is 398 g/mol. The van der Waals surface area contributed by atoms with Crippen molar-refractivity contribution in [2.75, 3.05) is 6.54 Å². The Morgan fingerprint density at radius 1 is 1.35 bits per heavy atom. The van der Waals surface area contributed by atoms with Gasteiger partial charge in [0.05, 0.1) is 4.91 Å². The predicted octanol–water partition coefficient (Wildman–Crippen LogP) is 4.02. The number of hydrogen-bond donors (Lipinski definition) is 1. The number of hydrogen-bond acceptors (Lipinski definition) is 5. The number of rotatable bonds is 4. The maximum atomic E-state index is 12.4. The van der Waals surface area contributed by atoms with Crippen LogP contribution >= 0.6 is 23.4 Å². The van der Waals surface area contributed by atoms with Crippen molar-refractivity contribution < 1.29 is 22.2 Å². The molecule has 1 aromatic heterocycles. The van der Waals surface area contributed by atoms with E-state index >= 15 is 0 Å². The summed E-state index contributed by atoms with van der Waals surface area (Å²) in [5.74, 6) is 0.518. The van der Waals surface area contributed by atoms with Crippen molar-refractivity contribution in [3.63, 3.8) is 0 Å². The normalized spacial score (nSPS) is 19.5. The number of nitrogens with zero attached hydrogens (tertiary/aromatic N) is 1. The van der Waals surface area contributed by atoms with E-state index < -0.39 is 20.7 Å². The summed E-state index contributed by atoms with van der Waals surface area (Å²) in [5, 5.41) is 0.620. The number of halogens is 1. The number of furan rings is 1. The molecular formula is C17H16ClNO5S2. The van der Waals surface area contributed by atoms with Gasteiger partial charge in [-0.25, -0.2) is 0 Å². The lowest BCUT2D eigenvalue weighted by atomic mass is 10.1. The Hall–Kier alpha value is -1.74. The van der Waals surface area contributed by atoms with Gasteiger partial charge in [-0.1, -0.05) is 35.5 Å². The van der Waals surface area contributed by atoms with Gasteiger partial charge in [0.1, 0.15) is 11.5 Å². The fourth-order valence-corrected chi connectivity index (χ4v) is 5.07. The van der Waals surface area contributed by atoms with E-state index in [9.17, 15) is 17.8 Å². The molecule has 1 fully saturated rings. The molecule has 3 rings (SSSR count). The maximum absolute atomic E-state index is 12.4. The first kappa shape index (κ1) is 19.0. The van der Waals surface area contributed by atoms with E-state index in [0.717, 1.165) is 27.8 Å². The standard InChI is InChI=1S/C17H16ClNO5S2/c1-3-19-16(20)15(25-17(19)26(21,22)23)9-12-6-7-14(24-12)11-5-4-10(2)13(18)8-11/h4-9,17H,3H2,1-2H3,(H,21,22,23). The van der Waals surface area contributed by atoms with Gasteiger partial charge in [0.15, 0.2) is 0 Å². The third-order valence-electron chi connectivity index (χ3n) is 3.91. The maximum Gasteiger partial charge on any atom is 0.296 e. The molecule has 26 heavy (non-hydrogen) atoms. The zero-order valence-corrected chi connectivity index (χ0v) is 16.4. The quantitative estimate of drug-likeness (QED) is 0.601. The smallest absolute Gasteiger partial charge is 0.296 e. The van der Waals surface area contributed by atoms with Crippen LogP contribution in [-0.4, -0.2) is 35.0 Å². The Morgan fingerprint density at radius 3 is 2.65 bits per heavy atom. The first-order valence-electron chi connectivity index (χ1n) is 7.72. The summed E-state index contributed by atoms with van der Waals surface area (Å²) in [6.07, 6.45) is 1.47. The largest absolute Gasteiger partial charge is 0.457 e. The summed E-state index contributed by atoms with van der Waals surface area (Å²) >= 11 is 6.91. The van der Waals surface area contributed by atoms with Crippen LogP contribution in [0.4, 0.5) is 0 Å². The monoisotopic (exact) mass is 413 g/mol. The average Bonchev–Trinajstić information content (AvgIpc) is 3.15. The number of benzene rings is 1. The molecule has 0 radical (unpaired) electrons. The van der Waals surface area contributed by atoms with Crippen LogP contribution in [0.1, 0.15) is 18.2 Å². The highest BCUT2D eigenvalue weighted by Crippen LogP contribution is 2.39. The predicted molar refractivity (Wildman–Crippen MR) is 102 cm³/mol. The molecule has 0 saturated carbocycles. The van der Waals surface area contributed by atoms with Gasteiger partial charge in [-0.15, -0.1) is 0 Å². The summed E-state index contributed by atoms with van der Waals surface area (Å²) in [4.78, 5) is 13.6. The minimum absolute atomic E-state index is 0.166. The molecule has 138 valence electrons. The van der Waals surface area contributed by atoms with Crippen LogP contribution in [0.15, 0.2) is 39.7 Å². The van der Waals surface area contributed by atoms with E-state index in [2.05, 4.69) is 0 Å². The Balaban J connectivity index is 1.90. The number of amides is 1. The fourth-order valence-electron chi connectivity index (χ4n) is 2.53. The van der Waals surface area contributed by atoms with E-state index in [0.29, 0.717) is 16.5 Å². The Kier molecular flexibility index (Phi) is 5.21. The Morgan fingerprint density at radius 2 is 2.08 bits per heavy atom. The number of likely N-dealkylation sites (N-methyl/N-ethyl adjacent to an activating group) is 1. The highest BCUT2D eigenvalue weighted by atomic mass is 35.5. The summed E-state index contributed by atoms with van der Waals surface area (Å²) < 4.78 is 36.7. The third-order valence-corrected chi connectivity index (χ3v) is 7.10. The van der Waals surface area contributed by atoms with Crippen LogP contribution in [0.3, 0.4) is 0 Å².